The first-order chi connectivity index (χ1) is 18.2. The van der Waals surface area contributed by atoms with Gasteiger partial charge >= 0.3 is 0 Å². The maximum atomic E-state index is 13.4. The number of hydrogen-bond acceptors (Lipinski definition) is 3. The average Bonchev–Trinajstić information content (AvgIpc) is 3.34. The number of piperidine rings is 1. The lowest BCUT2D eigenvalue weighted by atomic mass is 9.90. The fourth-order valence-electron chi connectivity index (χ4n) is 5.85. The number of allylic oxidation sites excluding steroid dienone is 1. The highest BCUT2D eigenvalue weighted by atomic mass is 16.7. The Balaban J connectivity index is 1.24. The average molecular weight is 494 g/mol. The fourth-order valence-corrected chi connectivity index (χ4v) is 5.85. The molecule has 0 N–H and O–H groups in total. The summed E-state index contributed by atoms with van der Waals surface area (Å²) in [4.78, 5) is 15.4. The van der Waals surface area contributed by atoms with Crippen LogP contribution in [0.3, 0.4) is 0 Å². The molecule has 3 aromatic carbocycles. The number of fused-ring (bicyclic) bond motifs is 3. The zero-order valence-corrected chi connectivity index (χ0v) is 21.6. The number of rotatable bonds is 6. The second-order valence-corrected chi connectivity index (χ2v) is 10.5. The van der Waals surface area contributed by atoms with Crippen molar-refractivity contribution >= 4 is 5.91 Å². The van der Waals surface area contributed by atoms with Crippen molar-refractivity contribution in [1.82, 2.24) is 4.90 Å². The van der Waals surface area contributed by atoms with Gasteiger partial charge in [-0.2, -0.15) is 0 Å². The smallest absolute Gasteiger partial charge is 0.288 e. The molecule has 2 aliphatic heterocycles. The van der Waals surface area contributed by atoms with Crippen molar-refractivity contribution in [3.8, 4) is 11.1 Å². The molecule has 3 aromatic rings. The standard InChI is InChI=1S/C33H35NO3/c1-2-23-10-12-24(13-11-23)22-36-32-21-27(20-31(37-32)33(35)34-16-6-3-7-17-34)25-14-15-30-28(18-25)19-26-8-4-5-9-29(26)30/h4-5,8-15,18,20,27,32H,2-3,6-7,16-17,19,21-22H2,1H3/t27-,32+/m1/s1. The predicted octanol–water partition coefficient (Wildman–Crippen LogP) is 6.76. The third-order valence-corrected chi connectivity index (χ3v) is 8.02. The second kappa shape index (κ2) is 10.5. The quantitative estimate of drug-likeness (QED) is 0.298. The summed E-state index contributed by atoms with van der Waals surface area (Å²) in [6.45, 7) is 4.23. The Hall–Kier alpha value is -3.37. The van der Waals surface area contributed by atoms with Crippen molar-refractivity contribution in [3.63, 3.8) is 0 Å². The molecule has 1 amide bonds. The maximum Gasteiger partial charge on any atom is 0.288 e. The fraction of sp³-hybridized carbons (Fsp3) is 0.364. The summed E-state index contributed by atoms with van der Waals surface area (Å²) < 4.78 is 12.5. The van der Waals surface area contributed by atoms with Crippen LogP contribution in [-0.2, 0) is 33.7 Å². The highest BCUT2D eigenvalue weighted by molar-refractivity contribution is 5.92. The van der Waals surface area contributed by atoms with E-state index < -0.39 is 6.29 Å². The minimum absolute atomic E-state index is 0.00105. The Kier molecular flexibility index (Phi) is 6.84. The lowest BCUT2D eigenvalue weighted by molar-refractivity contribution is -0.156. The Bertz CT molecular complexity index is 1300. The Morgan fingerprint density at radius 2 is 1.68 bits per heavy atom. The summed E-state index contributed by atoms with van der Waals surface area (Å²) >= 11 is 0. The summed E-state index contributed by atoms with van der Waals surface area (Å²) in [5.74, 6) is 0.506. The van der Waals surface area contributed by atoms with Gasteiger partial charge in [-0.15, -0.1) is 0 Å². The molecule has 0 aromatic heterocycles. The summed E-state index contributed by atoms with van der Waals surface area (Å²) in [5, 5.41) is 0. The minimum atomic E-state index is -0.463. The van der Waals surface area contributed by atoms with Crippen LogP contribution < -0.4 is 0 Å². The molecule has 6 rings (SSSR count). The molecule has 0 saturated carbocycles. The number of amides is 1. The highest BCUT2D eigenvalue weighted by Crippen LogP contribution is 2.40. The van der Waals surface area contributed by atoms with Gasteiger partial charge in [-0.1, -0.05) is 73.7 Å². The Morgan fingerprint density at radius 3 is 2.49 bits per heavy atom. The van der Waals surface area contributed by atoms with E-state index in [0.29, 0.717) is 18.8 Å². The topological polar surface area (TPSA) is 38.8 Å². The van der Waals surface area contributed by atoms with Crippen molar-refractivity contribution in [2.45, 2.75) is 64.3 Å². The van der Waals surface area contributed by atoms with Gasteiger partial charge in [-0.3, -0.25) is 4.79 Å². The first kappa shape index (κ1) is 24.0. The van der Waals surface area contributed by atoms with Crippen molar-refractivity contribution in [3.05, 3.63) is 106 Å². The second-order valence-electron chi connectivity index (χ2n) is 10.5. The molecule has 37 heavy (non-hydrogen) atoms. The minimum Gasteiger partial charge on any atom is -0.459 e. The molecule has 1 aliphatic carbocycles. The zero-order valence-electron chi connectivity index (χ0n) is 21.6. The lowest BCUT2D eigenvalue weighted by Gasteiger charge is -2.33. The van der Waals surface area contributed by atoms with E-state index in [9.17, 15) is 4.79 Å². The Morgan fingerprint density at radius 1 is 0.919 bits per heavy atom. The maximum absolute atomic E-state index is 13.4. The van der Waals surface area contributed by atoms with Crippen LogP contribution in [0.4, 0.5) is 0 Å². The summed E-state index contributed by atoms with van der Waals surface area (Å²) in [5.41, 5.74) is 9.05. The van der Waals surface area contributed by atoms with E-state index in [4.69, 9.17) is 9.47 Å². The van der Waals surface area contributed by atoms with Crippen molar-refractivity contribution < 1.29 is 14.3 Å². The summed E-state index contributed by atoms with van der Waals surface area (Å²) in [6, 6.07) is 24.0. The molecule has 0 bridgehead atoms. The van der Waals surface area contributed by atoms with Crippen LogP contribution in [0.2, 0.25) is 0 Å². The molecule has 3 aliphatic rings. The van der Waals surface area contributed by atoms with Gasteiger partial charge in [0.1, 0.15) is 0 Å². The highest BCUT2D eigenvalue weighted by Gasteiger charge is 2.32. The molecule has 0 unspecified atom stereocenters. The molecule has 4 nitrogen and oxygen atoms in total. The molecule has 4 heteroatoms. The number of nitrogens with zero attached hydrogens (tertiary/aromatic N) is 1. The first-order valence-corrected chi connectivity index (χ1v) is 13.8. The molecule has 2 atom stereocenters. The van der Waals surface area contributed by atoms with Crippen molar-refractivity contribution in [2.24, 2.45) is 0 Å². The number of ether oxygens (including phenoxy) is 2. The van der Waals surface area contributed by atoms with Crippen molar-refractivity contribution in [2.75, 3.05) is 13.1 Å². The number of aryl methyl sites for hydroxylation is 1. The molecule has 0 radical (unpaired) electrons. The van der Waals surface area contributed by atoms with Crippen molar-refractivity contribution in [1.29, 1.82) is 0 Å². The molecule has 190 valence electrons. The molecular formula is C33H35NO3. The molecular weight excluding hydrogens is 458 g/mol. The number of likely N-dealkylation sites (tertiary alicyclic amines) is 1. The molecule has 0 spiro atoms. The van der Waals surface area contributed by atoms with Gasteiger partial charge in [0.15, 0.2) is 5.76 Å². The SMILES string of the molecule is CCc1ccc(CO[C@@H]2C[C@H](c3ccc4c(c3)Cc3ccccc3-4)C=C(C(=O)N3CCCCC3)O2)cc1. The first-order valence-electron chi connectivity index (χ1n) is 13.8. The largest absolute Gasteiger partial charge is 0.459 e. The Labute approximate surface area is 219 Å². The number of benzene rings is 3. The number of carbonyl (C=O) groups excluding carboxylic acids is 1. The van der Waals surface area contributed by atoms with E-state index >= 15 is 0 Å². The van der Waals surface area contributed by atoms with Gasteiger partial charge in [0.05, 0.1) is 6.61 Å². The van der Waals surface area contributed by atoms with Crippen LogP contribution >= 0.6 is 0 Å². The normalized spacial score (nSPS) is 20.6. The molecule has 1 saturated heterocycles. The molecule has 2 heterocycles. The van der Waals surface area contributed by atoms with Crippen LogP contribution in [-0.4, -0.2) is 30.2 Å². The van der Waals surface area contributed by atoms with Gasteiger partial charge in [-0.25, -0.2) is 0 Å². The van der Waals surface area contributed by atoms with E-state index in [1.165, 1.54) is 39.8 Å². The van der Waals surface area contributed by atoms with E-state index in [0.717, 1.165) is 44.3 Å². The van der Waals surface area contributed by atoms with E-state index in [1.807, 2.05) is 11.0 Å². The van der Waals surface area contributed by atoms with E-state index in [2.05, 4.69) is 73.7 Å². The van der Waals surface area contributed by atoms with Crippen LogP contribution in [0.5, 0.6) is 0 Å². The third kappa shape index (κ3) is 5.08. The van der Waals surface area contributed by atoms with Gasteiger partial charge in [0, 0.05) is 25.4 Å². The number of carbonyl (C=O) groups is 1. The van der Waals surface area contributed by atoms with E-state index in [-0.39, 0.29) is 11.8 Å². The van der Waals surface area contributed by atoms with Crippen LogP contribution in [0.1, 0.15) is 66.3 Å². The summed E-state index contributed by atoms with van der Waals surface area (Å²) in [6.07, 6.45) is 7.55. The predicted molar refractivity (Wildman–Crippen MR) is 146 cm³/mol. The monoisotopic (exact) mass is 493 g/mol. The van der Waals surface area contributed by atoms with Crippen LogP contribution in [0.15, 0.2) is 78.6 Å². The lowest BCUT2D eigenvalue weighted by Crippen LogP contribution is -2.39. The van der Waals surface area contributed by atoms with Gasteiger partial charge in [0.2, 0.25) is 6.29 Å². The van der Waals surface area contributed by atoms with Gasteiger partial charge < -0.3 is 14.4 Å². The van der Waals surface area contributed by atoms with Crippen LogP contribution in [0, 0.1) is 0 Å². The van der Waals surface area contributed by atoms with E-state index in [1.54, 1.807) is 0 Å². The van der Waals surface area contributed by atoms with Gasteiger partial charge in [0.25, 0.3) is 5.91 Å². The zero-order chi connectivity index (χ0) is 25.2. The van der Waals surface area contributed by atoms with Gasteiger partial charge in [-0.05, 0) is 77.1 Å². The number of hydrogen-bond donors (Lipinski definition) is 0. The third-order valence-electron chi connectivity index (χ3n) is 8.02. The molecule has 1 fully saturated rings. The summed E-state index contributed by atoms with van der Waals surface area (Å²) in [7, 11) is 0. The van der Waals surface area contributed by atoms with Crippen LogP contribution in [0.25, 0.3) is 11.1 Å².